The summed E-state index contributed by atoms with van der Waals surface area (Å²) < 4.78 is 5.68. The van der Waals surface area contributed by atoms with Gasteiger partial charge >= 0.3 is 0 Å². The molecule has 2 heterocycles. The van der Waals surface area contributed by atoms with Crippen LogP contribution in [0.3, 0.4) is 0 Å². The number of nitrogens with one attached hydrogen (secondary N) is 1. The van der Waals surface area contributed by atoms with E-state index in [1.54, 1.807) is 0 Å². The fourth-order valence-electron chi connectivity index (χ4n) is 3.41. The Bertz CT molecular complexity index is 442. The van der Waals surface area contributed by atoms with E-state index in [1.165, 1.54) is 50.9 Å². The summed E-state index contributed by atoms with van der Waals surface area (Å²) in [6.07, 6.45) is 5.46. The number of rotatable bonds is 5. The molecule has 3 rings (SSSR count). The number of hydrogen-bond donors (Lipinski definition) is 1. The SMILES string of the molecule is Cc1cc(C(C)N2CCC(NCC3CC3)CC2)c(C)o1. The van der Waals surface area contributed by atoms with Gasteiger partial charge in [-0.1, -0.05) is 0 Å². The molecule has 112 valence electrons. The van der Waals surface area contributed by atoms with Crippen molar-refractivity contribution >= 4 is 0 Å². The molecule has 0 radical (unpaired) electrons. The summed E-state index contributed by atoms with van der Waals surface area (Å²) in [6, 6.07) is 3.43. The van der Waals surface area contributed by atoms with Gasteiger partial charge in [-0.05, 0) is 65.0 Å². The fourth-order valence-corrected chi connectivity index (χ4v) is 3.41. The van der Waals surface area contributed by atoms with Gasteiger partial charge in [0.15, 0.2) is 0 Å². The topological polar surface area (TPSA) is 28.4 Å². The Hall–Kier alpha value is -0.800. The molecule has 1 saturated heterocycles. The van der Waals surface area contributed by atoms with E-state index in [9.17, 15) is 0 Å². The van der Waals surface area contributed by atoms with Crippen molar-refractivity contribution in [2.45, 2.75) is 58.5 Å². The summed E-state index contributed by atoms with van der Waals surface area (Å²) in [5, 5.41) is 3.75. The molecule has 3 nitrogen and oxygen atoms in total. The largest absolute Gasteiger partial charge is 0.466 e. The Labute approximate surface area is 122 Å². The average Bonchev–Trinajstić information content (AvgIpc) is 3.21. The normalized spacial score (nSPS) is 23.1. The van der Waals surface area contributed by atoms with Crippen LogP contribution in [0.5, 0.6) is 0 Å². The monoisotopic (exact) mass is 276 g/mol. The van der Waals surface area contributed by atoms with Crippen molar-refractivity contribution in [1.82, 2.24) is 10.2 Å². The van der Waals surface area contributed by atoms with Crippen molar-refractivity contribution in [2.24, 2.45) is 5.92 Å². The molecule has 0 aromatic carbocycles. The summed E-state index contributed by atoms with van der Waals surface area (Å²) in [5.41, 5.74) is 1.37. The molecular weight excluding hydrogens is 248 g/mol. The van der Waals surface area contributed by atoms with Crippen molar-refractivity contribution in [1.29, 1.82) is 0 Å². The number of furan rings is 1. The summed E-state index contributed by atoms with van der Waals surface area (Å²) in [5.74, 6) is 3.11. The van der Waals surface area contributed by atoms with Gasteiger partial charge in [-0.2, -0.15) is 0 Å². The maximum atomic E-state index is 5.68. The van der Waals surface area contributed by atoms with Crippen molar-refractivity contribution in [3.63, 3.8) is 0 Å². The Kier molecular flexibility index (Phi) is 4.18. The van der Waals surface area contributed by atoms with Gasteiger partial charge in [0.25, 0.3) is 0 Å². The Morgan fingerprint density at radius 3 is 2.50 bits per heavy atom. The quantitative estimate of drug-likeness (QED) is 0.893. The maximum absolute atomic E-state index is 5.68. The van der Waals surface area contributed by atoms with E-state index in [0.717, 1.165) is 23.5 Å². The molecule has 1 saturated carbocycles. The Balaban J connectivity index is 1.50. The third-order valence-corrected chi connectivity index (χ3v) is 5.00. The lowest BCUT2D eigenvalue weighted by atomic mass is 10.00. The molecule has 1 aliphatic carbocycles. The van der Waals surface area contributed by atoms with E-state index >= 15 is 0 Å². The summed E-state index contributed by atoms with van der Waals surface area (Å²) in [6.45, 7) is 10.1. The van der Waals surface area contributed by atoms with Crippen LogP contribution in [-0.4, -0.2) is 30.6 Å². The maximum Gasteiger partial charge on any atom is 0.105 e. The molecule has 1 atom stereocenters. The van der Waals surface area contributed by atoms with Crippen LogP contribution in [0.15, 0.2) is 10.5 Å². The van der Waals surface area contributed by atoms with Crippen LogP contribution in [0, 0.1) is 19.8 Å². The highest BCUT2D eigenvalue weighted by molar-refractivity contribution is 5.23. The first-order chi connectivity index (χ1) is 9.63. The second-order valence-electron chi connectivity index (χ2n) is 6.71. The molecule has 0 spiro atoms. The van der Waals surface area contributed by atoms with Crippen LogP contribution >= 0.6 is 0 Å². The van der Waals surface area contributed by atoms with Crippen molar-refractivity contribution in [2.75, 3.05) is 19.6 Å². The molecule has 20 heavy (non-hydrogen) atoms. The van der Waals surface area contributed by atoms with Crippen LogP contribution < -0.4 is 5.32 Å². The zero-order valence-corrected chi connectivity index (χ0v) is 13.1. The van der Waals surface area contributed by atoms with Crippen molar-refractivity contribution in [3.8, 4) is 0 Å². The number of piperidine rings is 1. The van der Waals surface area contributed by atoms with E-state index < -0.39 is 0 Å². The van der Waals surface area contributed by atoms with Crippen molar-refractivity contribution < 1.29 is 4.42 Å². The lowest BCUT2D eigenvalue weighted by Gasteiger charge is -2.36. The molecule has 2 aliphatic rings. The zero-order chi connectivity index (χ0) is 14.1. The number of aryl methyl sites for hydroxylation is 2. The predicted molar refractivity (Wildman–Crippen MR) is 81.9 cm³/mol. The van der Waals surface area contributed by atoms with Gasteiger partial charge in [-0.15, -0.1) is 0 Å². The molecule has 1 unspecified atom stereocenters. The second kappa shape index (κ2) is 5.90. The smallest absolute Gasteiger partial charge is 0.105 e. The predicted octanol–water partition coefficient (Wildman–Crippen LogP) is 3.42. The average molecular weight is 276 g/mol. The van der Waals surface area contributed by atoms with Crippen LogP contribution in [0.25, 0.3) is 0 Å². The number of nitrogens with zero attached hydrogens (tertiary/aromatic N) is 1. The lowest BCUT2D eigenvalue weighted by Crippen LogP contribution is -2.43. The molecule has 2 fully saturated rings. The van der Waals surface area contributed by atoms with E-state index in [2.05, 4.69) is 30.1 Å². The van der Waals surface area contributed by atoms with Gasteiger partial charge in [-0.25, -0.2) is 0 Å². The van der Waals surface area contributed by atoms with Crippen LogP contribution in [-0.2, 0) is 0 Å². The minimum Gasteiger partial charge on any atom is -0.466 e. The molecule has 1 aromatic rings. The first-order valence-electron chi connectivity index (χ1n) is 8.18. The highest BCUT2D eigenvalue weighted by Gasteiger charge is 2.27. The molecule has 1 N–H and O–H groups in total. The molecule has 0 bridgehead atoms. The third kappa shape index (κ3) is 3.26. The molecule has 1 aliphatic heterocycles. The van der Waals surface area contributed by atoms with Gasteiger partial charge in [0.05, 0.1) is 0 Å². The second-order valence-corrected chi connectivity index (χ2v) is 6.71. The van der Waals surface area contributed by atoms with Gasteiger partial charge in [0.2, 0.25) is 0 Å². The number of likely N-dealkylation sites (tertiary alicyclic amines) is 1. The zero-order valence-electron chi connectivity index (χ0n) is 13.1. The minimum atomic E-state index is 0.483. The molecule has 3 heteroatoms. The van der Waals surface area contributed by atoms with E-state index in [1.807, 2.05) is 6.92 Å². The lowest BCUT2D eigenvalue weighted by molar-refractivity contribution is 0.151. The molecular formula is C17H28N2O. The minimum absolute atomic E-state index is 0.483. The Morgan fingerprint density at radius 2 is 1.95 bits per heavy atom. The first-order valence-corrected chi connectivity index (χ1v) is 8.18. The van der Waals surface area contributed by atoms with Gasteiger partial charge < -0.3 is 9.73 Å². The van der Waals surface area contributed by atoms with Crippen molar-refractivity contribution in [3.05, 3.63) is 23.2 Å². The number of hydrogen-bond acceptors (Lipinski definition) is 3. The summed E-state index contributed by atoms with van der Waals surface area (Å²) >= 11 is 0. The highest BCUT2D eigenvalue weighted by atomic mass is 16.3. The van der Waals surface area contributed by atoms with E-state index in [0.29, 0.717) is 6.04 Å². The van der Waals surface area contributed by atoms with Crippen LogP contribution in [0.4, 0.5) is 0 Å². The van der Waals surface area contributed by atoms with Gasteiger partial charge in [0.1, 0.15) is 11.5 Å². The molecule has 1 aromatic heterocycles. The van der Waals surface area contributed by atoms with Gasteiger partial charge in [0, 0.05) is 30.7 Å². The fraction of sp³-hybridized carbons (Fsp3) is 0.765. The summed E-state index contributed by atoms with van der Waals surface area (Å²) in [4.78, 5) is 2.60. The summed E-state index contributed by atoms with van der Waals surface area (Å²) in [7, 11) is 0. The highest BCUT2D eigenvalue weighted by Crippen LogP contribution is 2.30. The third-order valence-electron chi connectivity index (χ3n) is 5.00. The molecule has 0 amide bonds. The first kappa shape index (κ1) is 14.2. The van der Waals surface area contributed by atoms with E-state index in [-0.39, 0.29) is 0 Å². The Morgan fingerprint density at radius 1 is 1.25 bits per heavy atom. The van der Waals surface area contributed by atoms with E-state index in [4.69, 9.17) is 4.42 Å². The van der Waals surface area contributed by atoms with Gasteiger partial charge in [-0.3, -0.25) is 4.90 Å². The van der Waals surface area contributed by atoms with Crippen LogP contribution in [0.2, 0.25) is 0 Å². The standard InChI is InChI=1S/C17H28N2O/c1-12-10-17(14(3)20-12)13(2)19-8-6-16(7-9-19)18-11-15-4-5-15/h10,13,15-16,18H,4-9,11H2,1-3H3. The van der Waals surface area contributed by atoms with Crippen LogP contribution in [0.1, 0.15) is 55.7 Å².